The number of thiophene rings is 1. The van der Waals surface area contributed by atoms with Crippen molar-refractivity contribution in [1.82, 2.24) is 9.97 Å². The molecule has 6 heteroatoms. The molecule has 3 aromatic rings. The van der Waals surface area contributed by atoms with Crippen LogP contribution in [-0.2, 0) is 0 Å². The van der Waals surface area contributed by atoms with Crippen molar-refractivity contribution in [2.75, 3.05) is 19.0 Å². The van der Waals surface area contributed by atoms with Crippen molar-refractivity contribution in [3.05, 3.63) is 39.8 Å². The molecule has 0 atom stereocenters. The molecule has 3 nitrogen and oxygen atoms in total. The standard InChI is InChI=1S/C14H11Cl2N3S/c1-19(2)8-3-4-11-9(7-8)13(16)18-14(17-11)12-10(15)5-6-20-12/h3-7H,1-2H3. The first-order chi connectivity index (χ1) is 9.56. The van der Waals surface area contributed by atoms with Crippen LogP contribution in [0, 0.1) is 0 Å². The highest BCUT2D eigenvalue weighted by atomic mass is 35.5. The molecule has 0 bridgehead atoms. The van der Waals surface area contributed by atoms with E-state index in [2.05, 4.69) is 9.97 Å². The zero-order chi connectivity index (χ0) is 14.3. The Labute approximate surface area is 130 Å². The number of nitrogens with zero attached hydrogens (tertiary/aromatic N) is 3. The van der Waals surface area contributed by atoms with Gasteiger partial charge in [0, 0.05) is 25.2 Å². The largest absolute Gasteiger partial charge is 0.378 e. The molecule has 0 saturated carbocycles. The van der Waals surface area contributed by atoms with E-state index in [1.165, 1.54) is 11.3 Å². The minimum absolute atomic E-state index is 0.443. The van der Waals surface area contributed by atoms with Crippen molar-refractivity contribution < 1.29 is 0 Å². The van der Waals surface area contributed by atoms with E-state index < -0.39 is 0 Å². The fourth-order valence-corrected chi connectivity index (χ4v) is 3.22. The number of fused-ring (bicyclic) bond motifs is 1. The lowest BCUT2D eigenvalue weighted by atomic mass is 10.2. The van der Waals surface area contributed by atoms with Gasteiger partial charge in [0.15, 0.2) is 5.82 Å². The van der Waals surface area contributed by atoms with Crippen LogP contribution in [0.1, 0.15) is 0 Å². The normalized spacial score (nSPS) is 11.0. The Morgan fingerprint density at radius 2 is 1.90 bits per heavy atom. The van der Waals surface area contributed by atoms with Crippen LogP contribution in [0.5, 0.6) is 0 Å². The Bertz CT molecular complexity index is 783. The maximum Gasteiger partial charge on any atom is 0.173 e. The molecule has 0 spiro atoms. The maximum atomic E-state index is 6.30. The second kappa shape index (κ2) is 5.20. The quantitative estimate of drug-likeness (QED) is 0.638. The highest BCUT2D eigenvalue weighted by Crippen LogP contribution is 2.34. The average Bonchev–Trinajstić information content (AvgIpc) is 2.84. The number of hydrogen-bond donors (Lipinski definition) is 0. The predicted octanol–water partition coefficient (Wildman–Crippen LogP) is 4.73. The van der Waals surface area contributed by atoms with E-state index in [0.717, 1.165) is 21.5 Å². The highest BCUT2D eigenvalue weighted by Gasteiger charge is 2.12. The Balaban J connectivity index is 2.21. The van der Waals surface area contributed by atoms with Gasteiger partial charge in [0.2, 0.25) is 0 Å². The van der Waals surface area contributed by atoms with E-state index in [0.29, 0.717) is 16.0 Å². The third-order valence-electron chi connectivity index (χ3n) is 2.97. The van der Waals surface area contributed by atoms with E-state index in [1.54, 1.807) is 0 Å². The van der Waals surface area contributed by atoms with Crippen LogP contribution in [-0.4, -0.2) is 24.1 Å². The van der Waals surface area contributed by atoms with Crippen molar-refractivity contribution in [2.24, 2.45) is 0 Å². The SMILES string of the molecule is CN(C)c1ccc2nc(-c3sccc3Cl)nc(Cl)c2c1. The highest BCUT2D eigenvalue weighted by molar-refractivity contribution is 7.14. The first-order valence-corrected chi connectivity index (χ1v) is 7.58. The van der Waals surface area contributed by atoms with Gasteiger partial charge >= 0.3 is 0 Å². The van der Waals surface area contributed by atoms with Crippen molar-refractivity contribution >= 4 is 51.1 Å². The summed E-state index contributed by atoms with van der Waals surface area (Å²) in [6, 6.07) is 7.77. The molecule has 0 saturated heterocycles. The molecule has 0 radical (unpaired) electrons. The number of anilines is 1. The fourth-order valence-electron chi connectivity index (χ4n) is 1.91. The second-order valence-electron chi connectivity index (χ2n) is 4.53. The van der Waals surface area contributed by atoms with Gasteiger partial charge in [0.1, 0.15) is 5.15 Å². The molecule has 2 heterocycles. The molecule has 0 aliphatic rings. The van der Waals surface area contributed by atoms with Crippen molar-refractivity contribution in [2.45, 2.75) is 0 Å². The summed E-state index contributed by atoms with van der Waals surface area (Å²) in [5.41, 5.74) is 1.87. The van der Waals surface area contributed by atoms with Gasteiger partial charge in [0.05, 0.1) is 15.4 Å². The third kappa shape index (κ3) is 2.35. The summed E-state index contributed by atoms with van der Waals surface area (Å²) in [6.07, 6.45) is 0. The molecule has 0 aliphatic carbocycles. The molecule has 0 N–H and O–H groups in total. The second-order valence-corrected chi connectivity index (χ2v) is 6.21. The lowest BCUT2D eigenvalue weighted by molar-refractivity contribution is 1.13. The van der Waals surface area contributed by atoms with Crippen LogP contribution < -0.4 is 4.90 Å². The number of benzene rings is 1. The van der Waals surface area contributed by atoms with Gasteiger partial charge in [0.25, 0.3) is 0 Å². The van der Waals surface area contributed by atoms with Gasteiger partial charge in [-0.25, -0.2) is 9.97 Å². The number of halogens is 2. The summed E-state index contributed by atoms with van der Waals surface area (Å²) in [5.74, 6) is 0.570. The Morgan fingerprint density at radius 1 is 1.10 bits per heavy atom. The maximum absolute atomic E-state index is 6.30. The molecule has 0 unspecified atom stereocenters. The topological polar surface area (TPSA) is 29.0 Å². The Kier molecular flexibility index (Phi) is 3.54. The smallest absolute Gasteiger partial charge is 0.173 e. The summed E-state index contributed by atoms with van der Waals surface area (Å²) >= 11 is 13.9. The van der Waals surface area contributed by atoms with Crippen molar-refractivity contribution in [3.63, 3.8) is 0 Å². The van der Waals surface area contributed by atoms with E-state index in [9.17, 15) is 0 Å². The summed E-state index contributed by atoms with van der Waals surface area (Å²) < 4.78 is 0. The van der Waals surface area contributed by atoms with E-state index in [1.807, 2.05) is 48.6 Å². The monoisotopic (exact) mass is 323 g/mol. The van der Waals surface area contributed by atoms with Gasteiger partial charge in [-0.05, 0) is 29.6 Å². The molecule has 2 aromatic heterocycles. The Morgan fingerprint density at radius 3 is 2.55 bits per heavy atom. The molecule has 0 amide bonds. The molecule has 1 aromatic carbocycles. The van der Waals surface area contributed by atoms with Crippen LogP contribution in [0.2, 0.25) is 10.2 Å². The van der Waals surface area contributed by atoms with Gasteiger partial charge in [-0.3, -0.25) is 0 Å². The van der Waals surface area contributed by atoms with E-state index in [-0.39, 0.29) is 0 Å². The number of aromatic nitrogens is 2. The zero-order valence-electron chi connectivity index (χ0n) is 10.9. The van der Waals surface area contributed by atoms with Crippen LogP contribution in [0.3, 0.4) is 0 Å². The van der Waals surface area contributed by atoms with Crippen molar-refractivity contribution in [3.8, 4) is 10.7 Å². The van der Waals surface area contributed by atoms with Gasteiger partial charge in [-0.1, -0.05) is 23.2 Å². The molecule has 20 heavy (non-hydrogen) atoms. The van der Waals surface area contributed by atoms with Crippen molar-refractivity contribution in [1.29, 1.82) is 0 Å². The minimum Gasteiger partial charge on any atom is -0.378 e. The van der Waals surface area contributed by atoms with Crippen LogP contribution in [0.25, 0.3) is 21.6 Å². The first kappa shape index (κ1) is 13.6. The summed E-state index contributed by atoms with van der Waals surface area (Å²) in [4.78, 5) is 11.8. The Hall–Kier alpha value is -1.36. The molecular formula is C14H11Cl2N3S. The summed E-state index contributed by atoms with van der Waals surface area (Å²) in [7, 11) is 3.96. The van der Waals surface area contributed by atoms with Gasteiger partial charge < -0.3 is 4.90 Å². The third-order valence-corrected chi connectivity index (χ3v) is 4.59. The van der Waals surface area contributed by atoms with Crippen LogP contribution >= 0.6 is 34.5 Å². The average molecular weight is 324 g/mol. The zero-order valence-corrected chi connectivity index (χ0v) is 13.2. The van der Waals surface area contributed by atoms with E-state index in [4.69, 9.17) is 23.2 Å². The number of hydrogen-bond acceptors (Lipinski definition) is 4. The first-order valence-electron chi connectivity index (χ1n) is 5.94. The molecule has 102 valence electrons. The van der Waals surface area contributed by atoms with Crippen LogP contribution in [0.15, 0.2) is 29.6 Å². The predicted molar refractivity (Wildman–Crippen MR) is 87.2 cm³/mol. The molecule has 3 rings (SSSR count). The molecule has 0 aliphatic heterocycles. The van der Waals surface area contributed by atoms with E-state index >= 15 is 0 Å². The minimum atomic E-state index is 0.443. The summed E-state index contributed by atoms with van der Waals surface area (Å²) in [5, 5.41) is 3.84. The summed E-state index contributed by atoms with van der Waals surface area (Å²) in [6.45, 7) is 0. The lowest BCUT2D eigenvalue weighted by Crippen LogP contribution is -2.08. The lowest BCUT2D eigenvalue weighted by Gasteiger charge is -2.13. The molecule has 0 fully saturated rings. The van der Waals surface area contributed by atoms with Crippen LogP contribution in [0.4, 0.5) is 5.69 Å². The number of rotatable bonds is 2. The molecular weight excluding hydrogens is 313 g/mol. The van der Waals surface area contributed by atoms with Gasteiger partial charge in [-0.15, -0.1) is 11.3 Å². The fraction of sp³-hybridized carbons (Fsp3) is 0.143. The van der Waals surface area contributed by atoms with Gasteiger partial charge in [-0.2, -0.15) is 0 Å².